The van der Waals surface area contributed by atoms with Crippen molar-refractivity contribution in [2.24, 2.45) is 34.0 Å². The van der Waals surface area contributed by atoms with E-state index < -0.39 is 22.9 Å². The molecule has 0 spiro atoms. The highest BCUT2D eigenvalue weighted by molar-refractivity contribution is 6.01. The maximum Gasteiger partial charge on any atom is 0.303 e. The van der Waals surface area contributed by atoms with Gasteiger partial charge in [-0.05, 0) is 68.4 Å². The zero-order valence-corrected chi connectivity index (χ0v) is 18.1. The van der Waals surface area contributed by atoms with Gasteiger partial charge < -0.3 is 10.2 Å². The second-order valence-corrected chi connectivity index (χ2v) is 10.4. The van der Waals surface area contributed by atoms with Gasteiger partial charge in [-0.1, -0.05) is 37.6 Å². The number of Topliss-reactive ketones (excluding diaryl/α,β-unsaturated/α-hetero) is 1. The number of allylic oxidation sites excluding steroid dienone is 5. The summed E-state index contributed by atoms with van der Waals surface area (Å²) >= 11 is 0. The van der Waals surface area contributed by atoms with E-state index in [9.17, 15) is 24.6 Å². The summed E-state index contributed by atoms with van der Waals surface area (Å²) in [7, 11) is 0. The van der Waals surface area contributed by atoms with Crippen molar-refractivity contribution in [2.45, 2.75) is 65.4 Å². The quantitative estimate of drug-likeness (QED) is 0.684. The Morgan fingerprint density at radius 2 is 2.00 bits per heavy atom. The number of aliphatic carboxylic acids is 1. The van der Waals surface area contributed by atoms with E-state index in [0.717, 1.165) is 24.0 Å². The molecule has 0 aromatic rings. The topological polar surface area (TPSA) is 91.7 Å². The highest BCUT2D eigenvalue weighted by Gasteiger charge is 2.68. The molecule has 3 saturated carbocycles. The van der Waals surface area contributed by atoms with Crippen molar-refractivity contribution < 1.29 is 24.6 Å². The van der Waals surface area contributed by atoms with E-state index >= 15 is 0 Å². The van der Waals surface area contributed by atoms with E-state index in [1.165, 1.54) is 0 Å². The van der Waals surface area contributed by atoms with Crippen LogP contribution in [0.1, 0.15) is 59.3 Å². The Hall–Kier alpha value is -2.01. The fourth-order valence-corrected chi connectivity index (χ4v) is 7.97. The van der Waals surface area contributed by atoms with Crippen molar-refractivity contribution >= 4 is 17.5 Å². The minimum atomic E-state index is -0.915. The predicted octanol–water partition coefficient (Wildman–Crippen LogP) is 3.87. The van der Waals surface area contributed by atoms with E-state index in [2.05, 4.69) is 20.4 Å². The summed E-state index contributed by atoms with van der Waals surface area (Å²) in [6, 6.07) is 0. The maximum absolute atomic E-state index is 13.1. The summed E-state index contributed by atoms with van der Waals surface area (Å²) in [4.78, 5) is 36.4. The molecule has 3 fully saturated rings. The van der Waals surface area contributed by atoms with E-state index in [0.29, 0.717) is 12.8 Å². The monoisotopic (exact) mass is 412 g/mol. The Morgan fingerprint density at radius 1 is 1.30 bits per heavy atom. The first kappa shape index (κ1) is 21.2. The molecule has 7 atom stereocenters. The Kier molecular flexibility index (Phi) is 4.77. The minimum Gasteiger partial charge on any atom is -0.481 e. The molecule has 2 N–H and O–H groups in total. The number of rotatable bonds is 4. The molecule has 30 heavy (non-hydrogen) atoms. The molecular weight excluding hydrogens is 380 g/mol. The second kappa shape index (κ2) is 6.74. The van der Waals surface area contributed by atoms with E-state index in [-0.39, 0.29) is 47.6 Å². The molecule has 0 unspecified atom stereocenters. The number of hydrogen-bond donors (Lipinski definition) is 2. The number of hydrogen-bond acceptors (Lipinski definition) is 4. The molecule has 0 aromatic heterocycles. The summed E-state index contributed by atoms with van der Waals surface area (Å²) in [6.45, 7) is 10.0. The zero-order valence-electron chi connectivity index (χ0n) is 18.1. The minimum absolute atomic E-state index is 0.00886. The van der Waals surface area contributed by atoms with Crippen LogP contribution in [0.5, 0.6) is 0 Å². The molecule has 0 aliphatic heterocycles. The first-order valence-electron chi connectivity index (χ1n) is 11.0. The van der Waals surface area contributed by atoms with Gasteiger partial charge in [0.2, 0.25) is 0 Å². The Labute approximate surface area is 177 Å². The highest BCUT2D eigenvalue weighted by Crippen LogP contribution is 2.71. The van der Waals surface area contributed by atoms with Crippen LogP contribution in [-0.4, -0.2) is 33.9 Å². The number of carboxylic acids is 1. The number of carbonyl (C=O) groups excluding carboxylic acids is 2. The van der Waals surface area contributed by atoms with Crippen molar-refractivity contribution in [2.75, 3.05) is 0 Å². The lowest BCUT2D eigenvalue weighted by molar-refractivity contribution is -0.154. The first-order chi connectivity index (χ1) is 14.0. The molecule has 5 nitrogen and oxygen atoms in total. The summed E-state index contributed by atoms with van der Waals surface area (Å²) in [5.74, 6) is -0.594. The van der Waals surface area contributed by atoms with Gasteiger partial charge in [0.05, 0.1) is 11.5 Å². The summed E-state index contributed by atoms with van der Waals surface area (Å²) in [6.07, 6.45) is 7.67. The third-order valence-electron chi connectivity index (χ3n) is 9.25. The third kappa shape index (κ3) is 2.60. The summed E-state index contributed by atoms with van der Waals surface area (Å²) in [5, 5.41) is 20.8. The lowest BCUT2D eigenvalue weighted by atomic mass is 9.44. The standard InChI is InChI=1S/C25H32O5/c1-14-11-19-18-6-5-16-12-17(27)7-9-23(16,3)22(18)20(28)13-24(19,4)25(14,15(2)26)10-8-21(29)30/h7,9,12,18-20,22,28H,1,5-6,8,10-11,13H2,2-4H3,(H,29,30)/t18-,19-,20-,22+,23-,24-,25+/m0/s1. The van der Waals surface area contributed by atoms with Crippen molar-refractivity contribution in [3.8, 4) is 0 Å². The second-order valence-electron chi connectivity index (χ2n) is 10.4. The zero-order chi connectivity index (χ0) is 22.1. The lowest BCUT2D eigenvalue weighted by Crippen LogP contribution is -2.58. The van der Waals surface area contributed by atoms with Gasteiger partial charge in [0.25, 0.3) is 0 Å². The van der Waals surface area contributed by atoms with Crippen LogP contribution in [0.4, 0.5) is 0 Å². The molecule has 0 bridgehead atoms. The number of aliphatic hydroxyl groups excluding tert-OH is 1. The van der Waals surface area contributed by atoms with Crippen LogP contribution in [0.15, 0.2) is 36.0 Å². The third-order valence-corrected chi connectivity index (χ3v) is 9.25. The van der Waals surface area contributed by atoms with E-state index in [1.807, 2.05) is 6.08 Å². The van der Waals surface area contributed by atoms with Gasteiger partial charge in [-0.25, -0.2) is 0 Å². The highest BCUT2D eigenvalue weighted by atomic mass is 16.4. The van der Waals surface area contributed by atoms with E-state index in [1.54, 1.807) is 19.1 Å². The van der Waals surface area contributed by atoms with Crippen molar-refractivity contribution in [3.63, 3.8) is 0 Å². The Morgan fingerprint density at radius 3 is 2.63 bits per heavy atom. The van der Waals surface area contributed by atoms with Crippen LogP contribution in [0.3, 0.4) is 0 Å². The van der Waals surface area contributed by atoms with Crippen molar-refractivity contribution in [1.82, 2.24) is 0 Å². The van der Waals surface area contributed by atoms with Crippen LogP contribution < -0.4 is 0 Å². The molecule has 4 aliphatic rings. The largest absolute Gasteiger partial charge is 0.481 e. The van der Waals surface area contributed by atoms with Gasteiger partial charge >= 0.3 is 5.97 Å². The predicted molar refractivity (Wildman–Crippen MR) is 113 cm³/mol. The van der Waals surface area contributed by atoms with Crippen LogP contribution in [-0.2, 0) is 14.4 Å². The molecular formula is C25H32O5. The molecule has 5 heteroatoms. The number of fused-ring (bicyclic) bond motifs is 5. The van der Waals surface area contributed by atoms with Crippen LogP contribution in [0.25, 0.3) is 0 Å². The normalized spacial score (nSPS) is 44.7. The SMILES string of the molecule is C=C1C[C@H]2[C@@H]3CCC4=CC(=O)C=C[C@]4(C)[C@H]3[C@@H](O)C[C@]2(C)[C@@]1(CCC(=O)O)C(C)=O. The number of aliphatic hydroxyl groups is 1. The van der Waals surface area contributed by atoms with Crippen molar-refractivity contribution in [3.05, 3.63) is 36.0 Å². The number of ketones is 2. The van der Waals surface area contributed by atoms with Gasteiger partial charge in [-0.15, -0.1) is 0 Å². The van der Waals surface area contributed by atoms with Gasteiger partial charge in [0.1, 0.15) is 5.78 Å². The van der Waals surface area contributed by atoms with Gasteiger partial charge in [0.15, 0.2) is 5.78 Å². The Balaban J connectivity index is 1.78. The van der Waals surface area contributed by atoms with E-state index in [4.69, 9.17) is 0 Å². The van der Waals surface area contributed by atoms with Crippen molar-refractivity contribution in [1.29, 1.82) is 0 Å². The molecule has 0 radical (unpaired) electrons. The average molecular weight is 413 g/mol. The first-order valence-corrected chi connectivity index (χ1v) is 11.0. The smallest absolute Gasteiger partial charge is 0.303 e. The van der Waals surface area contributed by atoms with Gasteiger partial charge in [0, 0.05) is 17.8 Å². The van der Waals surface area contributed by atoms with Gasteiger partial charge in [-0.2, -0.15) is 0 Å². The fourth-order valence-electron chi connectivity index (χ4n) is 7.97. The number of carboxylic acid groups (broad SMARTS) is 1. The molecule has 4 rings (SSSR count). The summed E-state index contributed by atoms with van der Waals surface area (Å²) < 4.78 is 0. The van der Waals surface area contributed by atoms with Crippen LogP contribution >= 0.6 is 0 Å². The average Bonchev–Trinajstić information content (AvgIpc) is 2.87. The lowest BCUT2D eigenvalue weighted by Gasteiger charge is -2.60. The maximum atomic E-state index is 13.1. The fraction of sp³-hybridized carbons (Fsp3) is 0.640. The van der Waals surface area contributed by atoms with Crippen LogP contribution in [0.2, 0.25) is 0 Å². The molecule has 0 amide bonds. The molecule has 0 heterocycles. The molecule has 4 aliphatic carbocycles. The van der Waals surface area contributed by atoms with Gasteiger partial charge in [-0.3, -0.25) is 14.4 Å². The summed E-state index contributed by atoms with van der Waals surface area (Å²) in [5.41, 5.74) is 0.146. The Bertz CT molecular complexity index is 897. The number of carbonyl (C=O) groups is 3. The molecule has 162 valence electrons. The molecule has 0 aromatic carbocycles. The molecule has 0 saturated heterocycles. The van der Waals surface area contributed by atoms with Crippen LogP contribution in [0, 0.1) is 34.0 Å².